The van der Waals surface area contributed by atoms with E-state index < -0.39 is 11.7 Å². The molecule has 0 aliphatic heterocycles. The third-order valence-electron chi connectivity index (χ3n) is 2.59. The molecule has 0 saturated carbocycles. The molecule has 0 aliphatic rings. The number of pyridine rings is 1. The van der Waals surface area contributed by atoms with Crippen LogP contribution in [0.1, 0.15) is 15.9 Å². The van der Waals surface area contributed by atoms with Crippen molar-refractivity contribution in [2.75, 3.05) is 6.54 Å². The Morgan fingerprint density at radius 3 is 2.79 bits per heavy atom. The molecule has 1 aromatic heterocycles. The Labute approximate surface area is 115 Å². The summed E-state index contributed by atoms with van der Waals surface area (Å²) in [7, 11) is 0. The molecule has 0 spiro atoms. The Hall–Kier alpha value is -1.94. The van der Waals surface area contributed by atoms with Crippen LogP contribution in [0.5, 0.6) is 0 Å². The van der Waals surface area contributed by atoms with E-state index in [1.165, 1.54) is 0 Å². The minimum Gasteiger partial charge on any atom is -0.352 e. The van der Waals surface area contributed by atoms with Crippen LogP contribution in [0.15, 0.2) is 42.6 Å². The molecule has 1 aromatic carbocycles. The minimum atomic E-state index is -0.586. The van der Waals surface area contributed by atoms with Gasteiger partial charge in [-0.2, -0.15) is 0 Å². The Balaban J connectivity index is 1.93. The Kier molecular flexibility index (Phi) is 4.47. The van der Waals surface area contributed by atoms with E-state index >= 15 is 0 Å². The van der Waals surface area contributed by atoms with Gasteiger partial charge in [0, 0.05) is 6.54 Å². The standard InChI is InChI=1S/C14H12ClFN2O/c15-13-12(8-11(16)9-18-13)14(19)17-7-6-10-4-2-1-3-5-10/h1-5,8-9H,6-7H2,(H,17,19). The topological polar surface area (TPSA) is 42.0 Å². The fraction of sp³-hybridized carbons (Fsp3) is 0.143. The molecular formula is C14H12ClFN2O. The molecule has 19 heavy (non-hydrogen) atoms. The van der Waals surface area contributed by atoms with Crippen molar-refractivity contribution in [3.63, 3.8) is 0 Å². The summed E-state index contributed by atoms with van der Waals surface area (Å²) in [4.78, 5) is 15.4. The molecule has 0 bridgehead atoms. The first kappa shape index (κ1) is 13.5. The molecule has 0 fully saturated rings. The molecule has 2 aromatic rings. The number of hydrogen-bond acceptors (Lipinski definition) is 2. The first-order chi connectivity index (χ1) is 9.16. The van der Waals surface area contributed by atoms with Gasteiger partial charge in [0.05, 0.1) is 11.8 Å². The lowest BCUT2D eigenvalue weighted by Gasteiger charge is -2.06. The van der Waals surface area contributed by atoms with E-state index in [4.69, 9.17) is 11.6 Å². The SMILES string of the molecule is O=C(NCCc1ccccc1)c1cc(F)cnc1Cl. The van der Waals surface area contributed by atoms with Crippen molar-refractivity contribution in [3.05, 3.63) is 64.7 Å². The molecule has 1 N–H and O–H groups in total. The zero-order valence-corrected chi connectivity index (χ0v) is 10.8. The van der Waals surface area contributed by atoms with E-state index in [-0.39, 0.29) is 10.7 Å². The van der Waals surface area contributed by atoms with Crippen LogP contribution in [0.4, 0.5) is 4.39 Å². The number of halogens is 2. The second kappa shape index (κ2) is 6.29. The average molecular weight is 279 g/mol. The molecule has 0 radical (unpaired) electrons. The maximum absolute atomic E-state index is 13.0. The lowest BCUT2D eigenvalue weighted by molar-refractivity contribution is 0.0953. The fourth-order valence-corrected chi connectivity index (χ4v) is 1.83. The second-order valence-electron chi connectivity index (χ2n) is 3.98. The van der Waals surface area contributed by atoms with Crippen molar-refractivity contribution in [2.45, 2.75) is 6.42 Å². The van der Waals surface area contributed by atoms with Crippen LogP contribution in [0.2, 0.25) is 5.15 Å². The van der Waals surface area contributed by atoms with Crippen molar-refractivity contribution in [1.82, 2.24) is 10.3 Å². The van der Waals surface area contributed by atoms with Gasteiger partial charge in [-0.05, 0) is 18.1 Å². The summed E-state index contributed by atoms with van der Waals surface area (Å²) in [6, 6.07) is 10.8. The maximum atomic E-state index is 13.0. The molecule has 5 heteroatoms. The van der Waals surface area contributed by atoms with Gasteiger partial charge in [0.15, 0.2) is 0 Å². The summed E-state index contributed by atoms with van der Waals surface area (Å²) in [6.07, 6.45) is 1.68. The zero-order chi connectivity index (χ0) is 13.7. The van der Waals surface area contributed by atoms with E-state index in [9.17, 15) is 9.18 Å². The Morgan fingerprint density at radius 1 is 1.32 bits per heavy atom. The van der Waals surface area contributed by atoms with Gasteiger partial charge in [-0.3, -0.25) is 4.79 Å². The van der Waals surface area contributed by atoms with Crippen LogP contribution >= 0.6 is 11.6 Å². The van der Waals surface area contributed by atoms with Gasteiger partial charge in [0.1, 0.15) is 11.0 Å². The molecular weight excluding hydrogens is 267 g/mol. The lowest BCUT2D eigenvalue weighted by atomic mass is 10.1. The third-order valence-corrected chi connectivity index (χ3v) is 2.89. The van der Waals surface area contributed by atoms with E-state index in [0.29, 0.717) is 13.0 Å². The van der Waals surface area contributed by atoms with Crippen LogP contribution in [0.25, 0.3) is 0 Å². The van der Waals surface area contributed by atoms with E-state index in [1.54, 1.807) is 0 Å². The fourth-order valence-electron chi connectivity index (χ4n) is 1.64. The van der Waals surface area contributed by atoms with Crippen molar-refractivity contribution < 1.29 is 9.18 Å². The molecule has 0 saturated heterocycles. The Morgan fingerprint density at radius 2 is 2.05 bits per heavy atom. The summed E-state index contributed by atoms with van der Waals surface area (Å²) < 4.78 is 13.0. The predicted molar refractivity (Wildman–Crippen MR) is 71.7 cm³/mol. The van der Waals surface area contributed by atoms with E-state index in [2.05, 4.69) is 10.3 Å². The van der Waals surface area contributed by atoms with Crippen LogP contribution < -0.4 is 5.32 Å². The second-order valence-corrected chi connectivity index (χ2v) is 4.34. The molecule has 0 unspecified atom stereocenters. The van der Waals surface area contributed by atoms with Gasteiger partial charge in [-0.1, -0.05) is 41.9 Å². The van der Waals surface area contributed by atoms with Gasteiger partial charge in [-0.25, -0.2) is 9.37 Å². The highest BCUT2D eigenvalue weighted by molar-refractivity contribution is 6.32. The molecule has 0 atom stereocenters. The lowest BCUT2D eigenvalue weighted by Crippen LogP contribution is -2.26. The number of aromatic nitrogens is 1. The quantitative estimate of drug-likeness (QED) is 0.874. The number of amides is 1. The summed E-state index contributed by atoms with van der Waals surface area (Å²) in [6.45, 7) is 0.454. The first-order valence-corrected chi connectivity index (χ1v) is 6.18. The molecule has 1 amide bonds. The molecule has 3 nitrogen and oxygen atoms in total. The normalized spacial score (nSPS) is 10.2. The highest BCUT2D eigenvalue weighted by Gasteiger charge is 2.12. The summed E-state index contributed by atoms with van der Waals surface area (Å²) in [5.41, 5.74) is 1.17. The van der Waals surface area contributed by atoms with Crippen molar-refractivity contribution in [2.24, 2.45) is 0 Å². The van der Waals surface area contributed by atoms with Crippen molar-refractivity contribution in [3.8, 4) is 0 Å². The largest absolute Gasteiger partial charge is 0.352 e. The minimum absolute atomic E-state index is 0.00129. The van der Waals surface area contributed by atoms with Gasteiger partial charge in [-0.15, -0.1) is 0 Å². The van der Waals surface area contributed by atoms with E-state index in [1.807, 2.05) is 30.3 Å². The number of carbonyl (C=O) groups excluding carboxylic acids is 1. The summed E-state index contributed by atoms with van der Waals surface area (Å²) >= 11 is 5.75. The van der Waals surface area contributed by atoms with Gasteiger partial charge in [0.2, 0.25) is 0 Å². The van der Waals surface area contributed by atoms with Crippen molar-refractivity contribution in [1.29, 1.82) is 0 Å². The number of hydrogen-bond donors (Lipinski definition) is 1. The van der Waals surface area contributed by atoms with Crippen LogP contribution in [-0.4, -0.2) is 17.4 Å². The number of carbonyl (C=O) groups is 1. The van der Waals surface area contributed by atoms with Crippen LogP contribution in [0.3, 0.4) is 0 Å². The average Bonchev–Trinajstić information content (AvgIpc) is 2.42. The summed E-state index contributed by atoms with van der Waals surface area (Å²) in [5.74, 6) is -1.01. The number of rotatable bonds is 4. The smallest absolute Gasteiger partial charge is 0.254 e. The number of nitrogens with zero attached hydrogens (tertiary/aromatic N) is 1. The molecule has 98 valence electrons. The number of nitrogens with one attached hydrogen (secondary N) is 1. The van der Waals surface area contributed by atoms with Crippen LogP contribution in [-0.2, 0) is 6.42 Å². The molecule has 0 aliphatic carbocycles. The predicted octanol–water partition coefficient (Wildman–Crippen LogP) is 2.85. The van der Waals surface area contributed by atoms with Crippen molar-refractivity contribution >= 4 is 17.5 Å². The molecule has 1 heterocycles. The van der Waals surface area contributed by atoms with E-state index in [0.717, 1.165) is 17.8 Å². The van der Waals surface area contributed by atoms with Gasteiger partial charge >= 0.3 is 0 Å². The molecule has 2 rings (SSSR count). The summed E-state index contributed by atoms with van der Waals surface area (Å²) in [5, 5.41) is 2.68. The Bertz CT molecular complexity index is 575. The monoisotopic (exact) mass is 278 g/mol. The maximum Gasteiger partial charge on any atom is 0.254 e. The first-order valence-electron chi connectivity index (χ1n) is 5.80. The zero-order valence-electron chi connectivity index (χ0n) is 10.1. The highest BCUT2D eigenvalue weighted by atomic mass is 35.5. The third kappa shape index (κ3) is 3.76. The van der Waals surface area contributed by atoms with Gasteiger partial charge in [0.25, 0.3) is 5.91 Å². The van der Waals surface area contributed by atoms with Gasteiger partial charge < -0.3 is 5.32 Å². The highest BCUT2D eigenvalue weighted by Crippen LogP contribution is 2.13. The number of benzene rings is 1. The van der Waals surface area contributed by atoms with Crippen LogP contribution in [0, 0.1) is 5.82 Å².